The first-order valence-corrected chi connectivity index (χ1v) is 11.0. The predicted molar refractivity (Wildman–Crippen MR) is 117 cm³/mol. The van der Waals surface area contributed by atoms with Gasteiger partial charge in [0.15, 0.2) is 0 Å². The number of aromatic nitrogens is 2. The molecule has 1 aromatic carbocycles. The van der Waals surface area contributed by atoms with Crippen LogP contribution in [0.4, 0.5) is 5.82 Å². The molecule has 0 spiro atoms. The van der Waals surface area contributed by atoms with Crippen molar-refractivity contribution in [2.45, 2.75) is 69.6 Å². The molecule has 6 heteroatoms. The fourth-order valence-corrected chi connectivity index (χ4v) is 4.57. The minimum Gasteiger partial charge on any atom is -0.378 e. The van der Waals surface area contributed by atoms with Gasteiger partial charge in [-0.05, 0) is 57.6 Å². The third-order valence-corrected chi connectivity index (χ3v) is 6.49. The number of anilines is 1. The monoisotopic (exact) mass is 393 g/mol. The molecule has 2 heterocycles. The first-order valence-electron chi connectivity index (χ1n) is 11.0. The van der Waals surface area contributed by atoms with Crippen LogP contribution in [0, 0.1) is 6.92 Å². The Labute approximate surface area is 172 Å². The molecule has 1 aromatic heterocycles. The first kappa shape index (κ1) is 18.9. The average Bonchev–Trinajstić information content (AvgIpc) is 3.44. The highest BCUT2D eigenvalue weighted by molar-refractivity contribution is 5.90. The summed E-state index contributed by atoms with van der Waals surface area (Å²) in [6.45, 7) is 3.87. The Morgan fingerprint density at radius 1 is 1.10 bits per heavy atom. The second kappa shape index (κ2) is 8.00. The summed E-state index contributed by atoms with van der Waals surface area (Å²) in [5.74, 6) is 2.34. The number of methoxy groups -OCH3 is 1. The Hall–Kier alpha value is -2.05. The molecule has 2 aliphatic carbocycles. The van der Waals surface area contributed by atoms with Gasteiger partial charge in [0.2, 0.25) is 0 Å². The summed E-state index contributed by atoms with van der Waals surface area (Å²) < 4.78 is 5.65. The van der Waals surface area contributed by atoms with Crippen LogP contribution in [0.1, 0.15) is 55.8 Å². The molecule has 0 amide bonds. The van der Waals surface area contributed by atoms with E-state index in [0.29, 0.717) is 12.0 Å². The summed E-state index contributed by atoms with van der Waals surface area (Å²) in [5, 5.41) is 8.18. The van der Waals surface area contributed by atoms with E-state index in [-0.39, 0.29) is 12.1 Å². The smallest absolute Gasteiger partial charge is 0.138 e. The molecule has 0 radical (unpaired) electrons. The van der Waals surface area contributed by atoms with Crippen LogP contribution in [0.25, 0.3) is 10.9 Å². The lowest BCUT2D eigenvalue weighted by atomic mass is 9.87. The molecule has 6 nitrogen and oxygen atoms in total. The molecular formula is C23H31N5O. The van der Waals surface area contributed by atoms with E-state index >= 15 is 0 Å². The van der Waals surface area contributed by atoms with Crippen LogP contribution in [-0.2, 0) is 4.74 Å². The minimum absolute atomic E-state index is 0.157. The van der Waals surface area contributed by atoms with E-state index in [1.54, 1.807) is 7.11 Å². The highest BCUT2D eigenvalue weighted by atomic mass is 16.5. The lowest BCUT2D eigenvalue weighted by Crippen LogP contribution is -2.34. The van der Waals surface area contributed by atoms with Gasteiger partial charge in [-0.3, -0.25) is 4.99 Å². The number of nitrogens with zero attached hydrogens (tertiary/aromatic N) is 3. The quantitative estimate of drug-likeness (QED) is 0.812. The van der Waals surface area contributed by atoms with Crippen LogP contribution in [-0.4, -0.2) is 54.1 Å². The number of hydrogen-bond donors (Lipinski definition) is 2. The highest BCUT2D eigenvalue weighted by Gasteiger charge is 2.29. The number of ether oxygens (including phenoxy) is 1. The normalized spacial score (nSPS) is 27.4. The molecule has 1 saturated heterocycles. The Kier molecular flexibility index (Phi) is 5.22. The van der Waals surface area contributed by atoms with Gasteiger partial charge in [0.05, 0.1) is 23.7 Å². The molecule has 154 valence electrons. The van der Waals surface area contributed by atoms with E-state index in [9.17, 15) is 0 Å². The summed E-state index contributed by atoms with van der Waals surface area (Å²) in [5.41, 5.74) is 3.67. The molecular weight excluding hydrogens is 362 g/mol. The number of benzene rings is 1. The maximum absolute atomic E-state index is 5.65. The lowest BCUT2D eigenvalue weighted by molar-refractivity contribution is 0.111. The zero-order chi connectivity index (χ0) is 19.8. The molecule has 2 saturated carbocycles. The van der Waals surface area contributed by atoms with Crippen LogP contribution >= 0.6 is 0 Å². The Morgan fingerprint density at radius 3 is 2.69 bits per heavy atom. The molecule has 0 unspecified atom stereocenters. The van der Waals surface area contributed by atoms with Crippen molar-refractivity contribution >= 4 is 22.4 Å². The van der Waals surface area contributed by atoms with Crippen LogP contribution in [0.3, 0.4) is 0 Å². The van der Waals surface area contributed by atoms with Gasteiger partial charge in [-0.25, -0.2) is 9.97 Å². The van der Waals surface area contributed by atoms with E-state index in [0.717, 1.165) is 61.3 Å². The van der Waals surface area contributed by atoms with E-state index in [1.807, 2.05) is 0 Å². The Morgan fingerprint density at radius 2 is 1.93 bits per heavy atom. The van der Waals surface area contributed by atoms with Crippen molar-refractivity contribution < 1.29 is 4.74 Å². The fourth-order valence-electron chi connectivity index (χ4n) is 4.57. The van der Waals surface area contributed by atoms with E-state index in [4.69, 9.17) is 19.7 Å². The SMILES string of the molecule is CO[C@@H]1CNC[C@H]1Nc1nc(C2CCC(=NC3CC3)CC2)nc2ccc(C)cc12. The van der Waals surface area contributed by atoms with Gasteiger partial charge in [0, 0.05) is 37.2 Å². The summed E-state index contributed by atoms with van der Waals surface area (Å²) in [6, 6.07) is 7.30. The van der Waals surface area contributed by atoms with E-state index in [1.165, 1.54) is 24.1 Å². The molecule has 3 fully saturated rings. The van der Waals surface area contributed by atoms with Crippen molar-refractivity contribution in [2.75, 3.05) is 25.5 Å². The number of fused-ring (bicyclic) bond motifs is 1. The summed E-state index contributed by atoms with van der Waals surface area (Å²) in [4.78, 5) is 14.9. The van der Waals surface area contributed by atoms with E-state index < -0.39 is 0 Å². The highest BCUT2D eigenvalue weighted by Crippen LogP contribution is 2.34. The van der Waals surface area contributed by atoms with Crippen LogP contribution in [0.5, 0.6) is 0 Å². The second-order valence-corrected chi connectivity index (χ2v) is 8.84. The summed E-state index contributed by atoms with van der Waals surface area (Å²) >= 11 is 0. The van der Waals surface area contributed by atoms with Gasteiger partial charge < -0.3 is 15.4 Å². The Balaban J connectivity index is 1.43. The largest absolute Gasteiger partial charge is 0.378 e. The van der Waals surface area contributed by atoms with Crippen molar-refractivity contribution in [1.29, 1.82) is 0 Å². The van der Waals surface area contributed by atoms with Crippen molar-refractivity contribution in [2.24, 2.45) is 4.99 Å². The zero-order valence-corrected chi connectivity index (χ0v) is 17.4. The molecule has 2 N–H and O–H groups in total. The van der Waals surface area contributed by atoms with Gasteiger partial charge in [-0.2, -0.15) is 0 Å². The summed E-state index contributed by atoms with van der Waals surface area (Å²) in [6.07, 6.45) is 7.13. The zero-order valence-electron chi connectivity index (χ0n) is 17.4. The standard InChI is InChI=1S/C23H31N5O/c1-14-3-10-19-18(11-14)23(27-20-12-24-13-21(20)29-2)28-22(26-19)15-4-6-16(7-5-15)25-17-8-9-17/h3,10-11,15,17,20-21,24H,4-9,12-13H2,1-2H3,(H,26,27,28)/t15?,20-,21-/m1/s1. The second-order valence-electron chi connectivity index (χ2n) is 8.84. The topological polar surface area (TPSA) is 71.4 Å². The van der Waals surface area contributed by atoms with Crippen LogP contribution in [0.2, 0.25) is 0 Å². The maximum atomic E-state index is 5.65. The van der Waals surface area contributed by atoms with Gasteiger partial charge >= 0.3 is 0 Å². The fraction of sp³-hybridized carbons (Fsp3) is 0.609. The van der Waals surface area contributed by atoms with E-state index in [2.05, 4.69) is 35.8 Å². The molecule has 5 rings (SSSR count). The lowest BCUT2D eigenvalue weighted by Gasteiger charge is -2.24. The Bertz CT molecular complexity index is 913. The van der Waals surface area contributed by atoms with Crippen molar-refractivity contribution in [3.8, 4) is 0 Å². The number of hydrogen-bond acceptors (Lipinski definition) is 6. The van der Waals surface area contributed by atoms with Gasteiger partial charge in [0.25, 0.3) is 0 Å². The van der Waals surface area contributed by atoms with Gasteiger partial charge in [-0.1, -0.05) is 11.6 Å². The molecule has 2 atom stereocenters. The predicted octanol–water partition coefficient (Wildman–Crippen LogP) is 3.60. The van der Waals surface area contributed by atoms with Crippen molar-refractivity contribution in [1.82, 2.24) is 15.3 Å². The van der Waals surface area contributed by atoms with Crippen LogP contribution < -0.4 is 10.6 Å². The van der Waals surface area contributed by atoms with Gasteiger partial charge in [-0.15, -0.1) is 0 Å². The molecule has 0 bridgehead atoms. The number of rotatable bonds is 5. The average molecular weight is 394 g/mol. The molecule has 3 aliphatic rings. The number of aryl methyl sites for hydroxylation is 1. The van der Waals surface area contributed by atoms with Crippen molar-refractivity contribution in [3.63, 3.8) is 0 Å². The van der Waals surface area contributed by atoms with Gasteiger partial charge in [0.1, 0.15) is 11.6 Å². The molecule has 29 heavy (non-hydrogen) atoms. The third-order valence-electron chi connectivity index (χ3n) is 6.49. The van der Waals surface area contributed by atoms with Crippen molar-refractivity contribution in [3.05, 3.63) is 29.6 Å². The minimum atomic E-state index is 0.157. The maximum Gasteiger partial charge on any atom is 0.138 e. The number of nitrogens with one attached hydrogen (secondary N) is 2. The number of aliphatic imine (C=N–C) groups is 1. The summed E-state index contributed by atoms with van der Waals surface area (Å²) in [7, 11) is 1.78. The molecule has 1 aliphatic heterocycles. The molecule has 2 aromatic rings. The van der Waals surface area contributed by atoms with Crippen LogP contribution in [0.15, 0.2) is 23.2 Å². The third kappa shape index (κ3) is 4.14. The first-order chi connectivity index (χ1) is 14.2.